The Morgan fingerprint density at radius 2 is 2.18 bits per heavy atom. The molecule has 1 aromatic carbocycles. The number of fused-ring (bicyclic) bond motifs is 1. The van der Waals surface area contributed by atoms with Crippen LogP contribution < -0.4 is 5.73 Å². The molecule has 0 saturated heterocycles. The molecule has 0 unspecified atom stereocenters. The lowest BCUT2D eigenvalue weighted by atomic mass is 9.80. The maximum atomic E-state index is 9.81. The molecule has 2 atom stereocenters. The van der Waals surface area contributed by atoms with E-state index in [1.165, 1.54) is 15.0 Å². The van der Waals surface area contributed by atoms with Gasteiger partial charge in [0, 0.05) is 9.58 Å². The van der Waals surface area contributed by atoms with Crippen molar-refractivity contribution in [1.29, 1.82) is 0 Å². The van der Waals surface area contributed by atoms with Crippen molar-refractivity contribution in [1.82, 2.24) is 0 Å². The lowest BCUT2D eigenvalue weighted by Crippen LogP contribution is -2.42. The number of rotatable bonds is 1. The molecule has 0 bridgehead atoms. The maximum Gasteiger partial charge on any atom is 0.0561 e. The SMILES string of the molecule is N[C@]1(c2cc3ccccc3s2)CCC[C@@H](O)C1. The fourth-order valence-electron chi connectivity index (χ4n) is 2.73. The van der Waals surface area contributed by atoms with E-state index in [1.54, 1.807) is 11.3 Å². The van der Waals surface area contributed by atoms with Gasteiger partial charge in [0.05, 0.1) is 11.6 Å². The second kappa shape index (κ2) is 4.09. The molecule has 1 heterocycles. The average Bonchev–Trinajstić information content (AvgIpc) is 2.73. The molecule has 1 fully saturated rings. The third-order valence-electron chi connectivity index (χ3n) is 3.68. The Labute approximate surface area is 105 Å². The number of aliphatic hydroxyl groups is 1. The molecule has 90 valence electrons. The van der Waals surface area contributed by atoms with Gasteiger partial charge in [0.2, 0.25) is 0 Å². The highest BCUT2D eigenvalue weighted by molar-refractivity contribution is 7.19. The number of hydrogen-bond donors (Lipinski definition) is 2. The molecular weight excluding hydrogens is 230 g/mol. The molecule has 1 aliphatic rings. The quantitative estimate of drug-likeness (QED) is 0.813. The molecular formula is C14H17NOS. The van der Waals surface area contributed by atoms with Gasteiger partial charge in [0.25, 0.3) is 0 Å². The standard InChI is InChI=1S/C14H17NOS/c15-14(7-3-5-11(16)9-14)13-8-10-4-1-2-6-12(10)17-13/h1-2,4,6,8,11,16H,3,5,7,9,15H2/t11-,14-/m1/s1. The predicted molar refractivity (Wildman–Crippen MR) is 72.2 cm³/mol. The summed E-state index contributed by atoms with van der Waals surface area (Å²) in [4.78, 5) is 1.22. The first-order valence-corrected chi connectivity index (χ1v) is 6.95. The monoisotopic (exact) mass is 247 g/mol. The molecule has 0 radical (unpaired) electrons. The van der Waals surface area contributed by atoms with Crippen LogP contribution in [0, 0.1) is 0 Å². The molecule has 2 nitrogen and oxygen atoms in total. The van der Waals surface area contributed by atoms with E-state index in [2.05, 4.69) is 30.3 Å². The highest BCUT2D eigenvalue weighted by atomic mass is 32.1. The van der Waals surface area contributed by atoms with Crippen molar-refractivity contribution < 1.29 is 5.11 Å². The van der Waals surface area contributed by atoms with Crippen LogP contribution in [0.25, 0.3) is 10.1 Å². The summed E-state index contributed by atoms with van der Waals surface area (Å²) in [5, 5.41) is 11.1. The largest absolute Gasteiger partial charge is 0.393 e. The number of nitrogens with two attached hydrogens (primary N) is 1. The van der Waals surface area contributed by atoms with Crippen LogP contribution in [0.5, 0.6) is 0 Å². The summed E-state index contributed by atoms with van der Waals surface area (Å²) in [5.41, 5.74) is 6.17. The molecule has 1 aliphatic carbocycles. The summed E-state index contributed by atoms with van der Waals surface area (Å²) in [5.74, 6) is 0. The van der Waals surface area contributed by atoms with Crippen LogP contribution >= 0.6 is 11.3 Å². The van der Waals surface area contributed by atoms with Gasteiger partial charge in [-0.3, -0.25) is 0 Å². The second-order valence-corrected chi connectivity index (χ2v) is 6.14. The van der Waals surface area contributed by atoms with Crippen molar-refractivity contribution in [3.8, 4) is 0 Å². The van der Waals surface area contributed by atoms with Crippen LogP contribution in [0.2, 0.25) is 0 Å². The second-order valence-electron chi connectivity index (χ2n) is 5.05. The zero-order valence-corrected chi connectivity index (χ0v) is 10.5. The number of aliphatic hydroxyl groups excluding tert-OH is 1. The first-order valence-electron chi connectivity index (χ1n) is 6.13. The summed E-state index contributed by atoms with van der Waals surface area (Å²) in [6.07, 6.45) is 3.35. The Morgan fingerprint density at radius 1 is 1.35 bits per heavy atom. The molecule has 0 aliphatic heterocycles. The van der Waals surface area contributed by atoms with Gasteiger partial charge in [0.15, 0.2) is 0 Å². The smallest absolute Gasteiger partial charge is 0.0561 e. The van der Waals surface area contributed by atoms with Crippen LogP contribution in [-0.4, -0.2) is 11.2 Å². The molecule has 3 N–H and O–H groups in total. The Hall–Kier alpha value is -0.900. The minimum Gasteiger partial charge on any atom is -0.393 e. The van der Waals surface area contributed by atoms with Crippen LogP contribution in [0.4, 0.5) is 0 Å². The normalized spacial score (nSPS) is 29.6. The van der Waals surface area contributed by atoms with E-state index in [0.29, 0.717) is 6.42 Å². The number of benzene rings is 1. The van der Waals surface area contributed by atoms with Gasteiger partial charge >= 0.3 is 0 Å². The van der Waals surface area contributed by atoms with Crippen LogP contribution in [0.3, 0.4) is 0 Å². The fourth-order valence-corrected chi connectivity index (χ4v) is 3.93. The summed E-state index contributed by atoms with van der Waals surface area (Å²) in [7, 11) is 0. The Morgan fingerprint density at radius 3 is 2.94 bits per heavy atom. The van der Waals surface area contributed by atoms with E-state index in [-0.39, 0.29) is 11.6 Å². The van der Waals surface area contributed by atoms with Gasteiger partial charge < -0.3 is 10.8 Å². The highest BCUT2D eigenvalue weighted by Crippen LogP contribution is 2.40. The summed E-state index contributed by atoms with van der Waals surface area (Å²) >= 11 is 1.77. The van der Waals surface area contributed by atoms with Crippen molar-refractivity contribution >= 4 is 21.4 Å². The van der Waals surface area contributed by atoms with Gasteiger partial charge in [-0.05, 0) is 43.2 Å². The lowest BCUT2D eigenvalue weighted by molar-refractivity contribution is 0.0879. The van der Waals surface area contributed by atoms with Gasteiger partial charge in [-0.25, -0.2) is 0 Å². The molecule has 0 spiro atoms. The van der Waals surface area contributed by atoms with Gasteiger partial charge in [-0.2, -0.15) is 0 Å². The van der Waals surface area contributed by atoms with Crippen LogP contribution in [0.15, 0.2) is 30.3 Å². The number of hydrogen-bond acceptors (Lipinski definition) is 3. The third-order valence-corrected chi connectivity index (χ3v) is 5.01. The molecule has 3 heteroatoms. The first kappa shape index (κ1) is 11.2. The van der Waals surface area contributed by atoms with Crippen LogP contribution in [-0.2, 0) is 5.54 Å². The minimum atomic E-state index is -0.318. The Kier molecular flexibility index (Phi) is 2.69. The predicted octanol–water partition coefficient (Wildman–Crippen LogP) is 2.99. The summed E-state index contributed by atoms with van der Waals surface area (Å²) in [6, 6.07) is 10.6. The summed E-state index contributed by atoms with van der Waals surface area (Å²) in [6.45, 7) is 0. The topological polar surface area (TPSA) is 46.2 Å². The van der Waals surface area contributed by atoms with Crippen molar-refractivity contribution in [2.75, 3.05) is 0 Å². The molecule has 3 rings (SSSR count). The average molecular weight is 247 g/mol. The van der Waals surface area contributed by atoms with E-state index in [1.807, 2.05) is 0 Å². The molecule has 1 aromatic heterocycles. The zero-order valence-electron chi connectivity index (χ0n) is 9.73. The van der Waals surface area contributed by atoms with E-state index in [9.17, 15) is 5.11 Å². The lowest BCUT2D eigenvalue weighted by Gasteiger charge is -2.35. The highest BCUT2D eigenvalue weighted by Gasteiger charge is 2.34. The van der Waals surface area contributed by atoms with Crippen LogP contribution in [0.1, 0.15) is 30.6 Å². The van der Waals surface area contributed by atoms with Gasteiger partial charge in [0.1, 0.15) is 0 Å². The van der Waals surface area contributed by atoms with E-state index in [4.69, 9.17) is 5.73 Å². The maximum absolute atomic E-state index is 9.81. The molecule has 17 heavy (non-hydrogen) atoms. The summed E-state index contributed by atoms with van der Waals surface area (Å²) < 4.78 is 1.28. The van der Waals surface area contributed by atoms with Gasteiger partial charge in [-0.15, -0.1) is 11.3 Å². The van der Waals surface area contributed by atoms with E-state index in [0.717, 1.165) is 19.3 Å². The third kappa shape index (κ3) is 1.99. The Balaban J connectivity index is 2.02. The zero-order chi connectivity index (χ0) is 11.9. The molecule has 2 aromatic rings. The van der Waals surface area contributed by atoms with Crippen molar-refractivity contribution in [2.45, 2.75) is 37.3 Å². The van der Waals surface area contributed by atoms with E-state index < -0.39 is 0 Å². The molecule has 1 saturated carbocycles. The van der Waals surface area contributed by atoms with Crippen molar-refractivity contribution in [3.63, 3.8) is 0 Å². The minimum absolute atomic E-state index is 0.237. The van der Waals surface area contributed by atoms with E-state index >= 15 is 0 Å². The number of thiophene rings is 1. The van der Waals surface area contributed by atoms with Crippen molar-refractivity contribution in [2.24, 2.45) is 5.73 Å². The Bertz CT molecular complexity index is 503. The fraction of sp³-hybridized carbons (Fsp3) is 0.429. The van der Waals surface area contributed by atoms with Gasteiger partial charge in [-0.1, -0.05) is 18.2 Å². The van der Waals surface area contributed by atoms with Crippen molar-refractivity contribution in [3.05, 3.63) is 35.2 Å². The molecule has 0 amide bonds. The first-order chi connectivity index (χ1) is 8.17.